The monoisotopic (exact) mass is 372 g/mol. The Morgan fingerprint density at radius 2 is 2.19 bits per heavy atom. The summed E-state index contributed by atoms with van der Waals surface area (Å²) in [7, 11) is 0. The zero-order valence-corrected chi connectivity index (χ0v) is 16.3. The van der Waals surface area contributed by atoms with Gasteiger partial charge in [-0.3, -0.25) is 9.69 Å². The summed E-state index contributed by atoms with van der Waals surface area (Å²) in [6.45, 7) is 5.69. The molecule has 1 saturated heterocycles. The maximum Gasteiger partial charge on any atom is 0.234 e. The zero-order valence-electron chi connectivity index (χ0n) is 15.4. The molecule has 0 bridgehead atoms. The van der Waals surface area contributed by atoms with Gasteiger partial charge in [-0.2, -0.15) is 0 Å². The Labute approximate surface area is 160 Å². The smallest absolute Gasteiger partial charge is 0.234 e. The number of nitrogens with zero attached hydrogens (tertiary/aromatic N) is 1. The number of amides is 1. The van der Waals surface area contributed by atoms with E-state index in [9.17, 15) is 4.79 Å². The van der Waals surface area contributed by atoms with Gasteiger partial charge in [0.05, 0.1) is 12.6 Å². The normalized spacial score (nSPS) is 16.9. The van der Waals surface area contributed by atoms with Gasteiger partial charge in [0.25, 0.3) is 0 Å². The molecule has 4 nitrogen and oxygen atoms in total. The summed E-state index contributed by atoms with van der Waals surface area (Å²) in [5, 5.41) is 5.16. The second-order valence-electron chi connectivity index (χ2n) is 6.91. The van der Waals surface area contributed by atoms with Crippen molar-refractivity contribution < 1.29 is 9.53 Å². The summed E-state index contributed by atoms with van der Waals surface area (Å²) in [4.78, 5) is 15.9. The third-order valence-corrected chi connectivity index (χ3v) is 5.65. The molecule has 26 heavy (non-hydrogen) atoms. The second kappa shape index (κ2) is 9.86. The Kier molecular flexibility index (Phi) is 7.23. The summed E-state index contributed by atoms with van der Waals surface area (Å²) in [6.07, 6.45) is 3.35. The summed E-state index contributed by atoms with van der Waals surface area (Å²) in [5.41, 5.74) is 2.57. The number of carbonyl (C=O) groups is 1. The van der Waals surface area contributed by atoms with Gasteiger partial charge in [0.1, 0.15) is 0 Å². The Bertz CT molecular complexity index is 681. The van der Waals surface area contributed by atoms with E-state index in [1.165, 1.54) is 16.0 Å². The minimum Gasteiger partial charge on any atom is -0.377 e. The van der Waals surface area contributed by atoms with E-state index >= 15 is 0 Å². The van der Waals surface area contributed by atoms with E-state index in [1.807, 2.05) is 6.07 Å². The molecule has 0 radical (unpaired) electrons. The molecule has 1 N–H and O–H groups in total. The van der Waals surface area contributed by atoms with Crippen molar-refractivity contribution in [1.82, 2.24) is 10.2 Å². The number of benzene rings is 1. The first-order valence-corrected chi connectivity index (χ1v) is 10.3. The van der Waals surface area contributed by atoms with Crippen molar-refractivity contribution in [3.63, 3.8) is 0 Å². The van der Waals surface area contributed by atoms with Gasteiger partial charge < -0.3 is 10.1 Å². The number of nitrogens with one attached hydrogen (secondary N) is 1. The number of rotatable bonds is 9. The molecule has 1 aromatic heterocycles. The topological polar surface area (TPSA) is 41.6 Å². The quantitative estimate of drug-likeness (QED) is 0.734. The van der Waals surface area contributed by atoms with Crippen LogP contribution in [-0.4, -0.2) is 43.2 Å². The summed E-state index contributed by atoms with van der Waals surface area (Å²) < 4.78 is 5.77. The molecular formula is C21H28N2O2S. The van der Waals surface area contributed by atoms with Crippen molar-refractivity contribution in [3.05, 3.63) is 57.8 Å². The van der Waals surface area contributed by atoms with Gasteiger partial charge in [0, 0.05) is 31.1 Å². The van der Waals surface area contributed by atoms with Crippen LogP contribution >= 0.6 is 11.3 Å². The maximum absolute atomic E-state index is 12.4. The van der Waals surface area contributed by atoms with Gasteiger partial charge in [-0.05, 0) is 48.8 Å². The van der Waals surface area contributed by atoms with Gasteiger partial charge in [-0.15, -0.1) is 11.3 Å². The Balaban J connectivity index is 1.48. The predicted molar refractivity (Wildman–Crippen MR) is 106 cm³/mol. The largest absolute Gasteiger partial charge is 0.377 e. The van der Waals surface area contributed by atoms with E-state index in [0.29, 0.717) is 13.1 Å². The SMILES string of the molecule is Cc1ccccc1CCNC(=O)CN(Cc1cccs1)CC1CCCO1. The average Bonchev–Trinajstić information content (AvgIpc) is 3.30. The van der Waals surface area contributed by atoms with Gasteiger partial charge >= 0.3 is 0 Å². The lowest BCUT2D eigenvalue weighted by molar-refractivity contribution is -0.122. The van der Waals surface area contributed by atoms with Crippen LogP contribution < -0.4 is 5.32 Å². The molecule has 2 aromatic rings. The van der Waals surface area contributed by atoms with Crippen LogP contribution in [0.2, 0.25) is 0 Å². The van der Waals surface area contributed by atoms with Crippen molar-refractivity contribution in [2.45, 2.75) is 38.8 Å². The molecule has 1 aliphatic heterocycles. The number of thiophene rings is 1. The summed E-state index contributed by atoms with van der Waals surface area (Å²) in [5.74, 6) is 0.0909. The first kappa shape index (κ1) is 19.1. The third-order valence-electron chi connectivity index (χ3n) is 4.79. The molecule has 1 fully saturated rings. The van der Waals surface area contributed by atoms with Crippen LogP contribution in [0.1, 0.15) is 28.8 Å². The van der Waals surface area contributed by atoms with Crippen LogP contribution in [0, 0.1) is 6.92 Å². The number of hydrogen-bond acceptors (Lipinski definition) is 4. The molecule has 0 saturated carbocycles. The van der Waals surface area contributed by atoms with Crippen molar-refractivity contribution >= 4 is 17.2 Å². The van der Waals surface area contributed by atoms with Crippen molar-refractivity contribution in [2.75, 3.05) is 26.2 Å². The molecule has 1 aliphatic rings. The Morgan fingerprint density at radius 3 is 2.92 bits per heavy atom. The number of hydrogen-bond donors (Lipinski definition) is 1. The third kappa shape index (κ3) is 5.94. The average molecular weight is 373 g/mol. The summed E-state index contributed by atoms with van der Waals surface area (Å²) >= 11 is 1.74. The fraction of sp³-hybridized carbons (Fsp3) is 0.476. The van der Waals surface area contributed by atoms with Gasteiger partial charge in [0.15, 0.2) is 0 Å². The first-order chi connectivity index (χ1) is 12.7. The molecule has 1 aromatic carbocycles. The molecule has 0 aliphatic carbocycles. The van der Waals surface area contributed by atoms with Crippen molar-refractivity contribution in [1.29, 1.82) is 0 Å². The van der Waals surface area contributed by atoms with E-state index in [0.717, 1.165) is 39.0 Å². The zero-order chi connectivity index (χ0) is 18.2. The first-order valence-electron chi connectivity index (χ1n) is 9.38. The standard InChI is InChI=1S/C21H28N2O2S/c1-17-6-2-3-7-18(17)10-11-22-21(24)16-23(14-19-8-4-12-25-19)15-20-9-5-13-26-20/h2-3,5-7,9,13,19H,4,8,10-12,14-16H2,1H3,(H,22,24). The molecule has 1 amide bonds. The van der Waals surface area contributed by atoms with Crippen LogP contribution in [0.4, 0.5) is 0 Å². The Morgan fingerprint density at radius 1 is 1.31 bits per heavy atom. The highest BCUT2D eigenvalue weighted by Crippen LogP contribution is 2.17. The maximum atomic E-state index is 12.4. The van der Waals surface area contributed by atoms with Crippen molar-refractivity contribution in [3.8, 4) is 0 Å². The predicted octanol–water partition coefficient (Wildman–Crippen LogP) is 3.40. The Hall–Kier alpha value is -1.69. The molecule has 1 atom stereocenters. The molecule has 140 valence electrons. The van der Waals surface area contributed by atoms with Crippen LogP contribution in [0.25, 0.3) is 0 Å². The molecule has 2 heterocycles. The number of ether oxygens (including phenoxy) is 1. The fourth-order valence-electron chi connectivity index (χ4n) is 3.37. The number of carbonyl (C=O) groups excluding carboxylic acids is 1. The van der Waals surface area contributed by atoms with E-state index in [1.54, 1.807) is 11.3 Å². The lowest BCUT2D eigenvalue weighted by Gasteiger charge is -2.24. The second-order valence-corrected chi connectivity index (χ2v) is 7.94. The van der Waals surface area contributed by atoms with Gasteiger partial charge in [-0.1, -0.05) is 30.3 Å². The highest BCUT2D eigenvalue weighted by atomic mass is 32.1. The molecule has 1 unspecified atom stereocenters. The van der Waals surface area contributed by atoms with E-state index < -0.39 is 0 Å². The highest BCUT2D eigenvalue weighted by molar-refractivity contribution is 7.09. The fourth-order valence-corrected chi connectivity index (χ4v) is 4.12. The number of aryl methyl sites for hydroxylation is 1. The van der Waals surface area contributed by atoms with E-state index in [-0.39, 0.29) is 12.0 Å². The molecule has 0 spiro atoms. The lowest BCUT2D eigenvalue weighted by atomic mass is 10.1. The highest BCUT2D eigenvalue weighted by Gasteiger charge is 2.21. The van der Waals surface area contributed by atoms with Crippen molar-refractivity contribution in [2.24, 2.45) is 0 Å². The van der Waals surface area contributed by atoms with Crippen LogP contribution in [0.3, 0.4) is 0 Å². The lowest BCUT2D eigenvalue weighted by Crippen LogP contribution is -2.40. The van der Waals surface area contributed by atoms with Crippen LogP contribution in [0.15, 0.2) is 41.8 Å². The molecule has 5 heteroatoms. The van der Waals surface area contributed by atoms with Crippen LogP contribution in [0.5, 0.6) is 0 Å². The minimum atomic E-state index is 0.0909. The summed E-state index contributed by atoms with van der Waals surface area (Å²) in [6, 6.07) is 12.5. The minimum absolute atomic E-state index is 0.0909. The van der Waals surface area contributed by atoms with E-state index in [4.69, 9.17) is 4.74 Å². The van der Waals surface area contributed by atoms with E-state index in [2.05, 4.69) is 52.9 Å². The molecular weight excluding hydrogens is 344 g/mol. The molecule has 3 rings (SSSR count). The van der Waals surface area contributed by atoms with Gasteiger partial charge in [0.2, 0.25) is 5.91 Å². The van der Waals surface area contributed by atoms with Gasteiger partial charge in [-0.25, -0.2) is 0 Å². The van der Waals surface area contributed by atoms with Crippen LogP contribution in [-0.2, 0) is 22.5 Å².